The van der Waals surface area contributed by atoms with E-state index in [2.05, 4.69) is 37.3 Å². The van der Waals surface area contributed by atoms with Gasteiger partial charge in [-0.2, -0.15) is 0 Å². The molecular formula is C17H24N4O2S. The van der Waals surface area contributed by atoms with Gasteiger partial charge in [0, 0.05) is 49.0 Å². The van der Waals surface area contributed by atoms with E-state index in [1.54, 1.807) is 0 Å². The van der Waals surface area contributed by atoms with E-state index in [1.807, 2.05) is 30.7 Å². The number of nitrogens with zero attached hydrogens (tertiary/aromatic N) is 4. The zero-order chi connectivity index (χ0) is 17.2. The van der Waals surface area contributed by atoms with Gasteiger partial charge < -0.3 is 5.11 Å². The summed E-state index contributed by atoms with van der Waals surface area (Å²) in [5, 5.41) is 9.05. The van der Waals surface area contributed by atoms with Crippen molar-refractivity contribution in [2.75, 3.05) is 26.2 Å². The number of thiophene rings is 1. The first kappa shape index (κ1) is 18.5. The van der Waals surface area contributed by atoms with Crippen LogP contribution in [-0.2, 0) is 17.9 Å². The summed E-state index contributed by atoms with van der Waals surface area (Å²) in [6.45, 7) is 8.36. The van der Waals surface area contributed by atoms with Crippen LogP contribution in [0.1, 0.15) is 22.7 Å². The number of aromatic nitrogens is 2. The molecule has 0 unspecified atom stereocenters. The highest BCUT2D eigenvalue weighted by molar-refractivity contribution is 7.09. The summed E-state index contributed by atoms with van der Waals surface area (Å²) in [5.41, 5.74) is 1.22. The number of carbonyl (C=O) groups is 1. The van der Waals surface area contributed by atoms with Crippen molar-refractivity contribution < 1.29 is 9.90 Å². The highest BCUT2D eigenvalue weighted by atomic mass is 32.1. The average molecular weight is 348 g/mol. The lowest BCUT2D eigenvalue weighted by molar-refractivity contribution is -0.122. The SMILES string of the molecule is Cc1ncc(CN2CCCN(Cc3cccs3)CC2)cn1.O=CO. The third-order valence-electron chi connectivity index (χ3n) is 3.88. The number of hydrogen-bond donors (Lipinski definition) is 1. The van der Waals surface area contributed by atoms with Gasteiger partial charge in [-0.15, -0.1) is 11.3 Å². The smallest absolute Gasteiger partial charge is 0.290 e. The van der Waals surface area contributed by atoms with Crippen LogP contribution < -0.4 is 0 Å². The van der Waals surface area contributed by atoms with Crippen LogP contribution in [0.3, 0.4) is 0 Å². The average Bonchev–Trinajstić information content (AvgIpc) is 2.98. The second-order valence-corrected chi connectivity index (χ2v) is 6.76. The van der Waals surface area contributed by atoms with Crippen molar-refractivity contribution in [1.29, 1.82) is 0 Å². The third kappa shape index (κ3) is 6.35. The highest BCUT2D eigenvalue weighted by Gasteiger charge is 2.15. The van der Waals surface area contributed by atoms with E-state index in [0.717, 1.165) is 38.5 Å². The molecule has 1 N–H and O–H groups in total. The van der Waals surface area contributed by atoms with Gasteiger partial charge in [0.05, 0.1) is 0 Å². The van der Waals surface area contributed by atoms with Gasteiger partial charge in [0.2, 0.25) is 0 Å². The fourth-order valence-electron chi connectivity index (χ4n) is 2.72. The van der Waals surface area contributed by atoms with Gasteiger partial charge in [0.1, 0.15) is 5.82 Å². The number of hydrogen-bond acceptors (Lipinski definition) is 6. The van der Waals surface area contributed by atoms with Crippen LogP contribution in [0.4, 0.5) is 0 Å². The molecule has 130 valence electrons. The van der Waals surface area contributed by atoms with Gasteiger partial charge >= 0.3 is 0 Å². The zero-order valence-corrected chi connectivity index (χ0v) is 14.8. The number of aryl methyl sites for hydroxylation is 1. The lowest BCUT2D eigenvalue weighted by atomic mass is 10.3. The molecule has 3 heterocycles. The van der Waals surface area contributed by atoms with Crippen molar-refractivity contribution in [1.82, 2.24) is 19.8 Å². The van der Waals surface area contributed by atoms with E-state index in [9.17, 15) is 0 Å². The summed E-state index contributed by atoms with van der Waals surface area (Å²) in [4.78, 5) is 23.5. The van der Waals surface area contributed by atoms with E-state index < -0.39 is 0 Å². The molecule has 0 amide bonds. The van der Waals surface area contributed by atoms with Crippen LogP contribution in [0, 0.1) is 6.92 Å². The lowest BCUT2D eigenvalue weighted by Gasteiger charge is -2.21. The molecule has 0 aliphatic carbocycles. The number of carboxylic acid groups (broad SMARTS) is 1. The van der Waals surface area contributed by atoms with E-state index in [4.69, 9.17) is 9.90 Å². The van der Waals surface area contributed by atoms with Gasteiger partial charge in [-0.3, -0.25) is 14.6 Å². The van der Waals surface area contributed by atoms with Crippen molar-refractivity contribution >= 4 is 17.8 Å². The van der Waals surface area contributed by atoms with Crippen LogP contribution in [0.15, 0.2) is 29.9 Å². The van der Waals surface area contributed by atoms with Crippen LogP contribution in [0.25, 0.3) is 0 Å². The molecule has 0 aromatic carbocycles. The predicted octanol–water partition coefficient (Wildman–Crippen LogP) is 2.26. The Bertz CT molecular complexity index is 589. The Morgan fingerprint density at radius 3 is 2.38 bits per heavy atom. The van der Waals surface area contributed by atoms with Gasteiger partial charge in [-0.05, 0) is 37.9 Å². The summed E-state index contributed by atoms with van der Waals surface area (Å²) in [6, 6.07) is 4.37. The standard InChI is InChI=1S/C16H22N4S.CH2O2/c1-14-17-10-15(11-18-14)12-19-5-3-6-20(8-7-19)13-16-4-2-9-21-16;2-1-3/h2,4,9-11H,3,5-8,12-13H2,1H3;1H,(H,2,3). The maximum Gasteiger partial charge on any atom is 0.290 e. The minimum absolute atomic E-state index is 0.250. The molecule has 0 bridgehead atoms. The first-order chi connectivity index (χ1) is 11.7. The molecule has 24 heavy (non-hydrogen) atoms. The van der Waals surface area contributed by atoms with Gasteiger partial charge in [0.15, 0.2) is 0 Å². The van der Waals surface area contributed by atoms with Crippen molar-refractivity contribution in [3.05, 3.63) is 46.2 Å². The summed E-state index contributed by atoms with van der Waals surface area (Å²) < 4.78 is 0. The number of rotatable bonds is 4. The molecule has 2 aromatic heterocycles. The Balaban J connectivity index is 0.000000647. The fourth-order valence-corrected chi connectivity index (χ4v) is 3.47. The quantitative estimate of drug-likeness (QED) is 0.855. The lowest BCUT2D eigenvalue weighted by Crippen LogP contribution is -2.30. The molecule has 6 nitrogen and oxygen atoms in total. The molecule has 0 spiro atoms. The maximum absolute atomic E-state index is 8.36. The van der Waals surface area contributed by atoms with Gasteiger partial charge in [-0.1, -0.05) is 6.07 Å². The van der Waals surface area contributed by atoms with Crippen LogP contribution in [0.2, 0.25) is 0 Å². The van der Waals surface area contributed by atoms with Crippen molar-refractivity contribution in [2.24, 2.45) is 0 Å². The van der Waals surface area contributed by atoms with Gasteiger partial charge in [0.25, 0.3) is 6.47 Å². The molecule has 1 saturated heterocycles. The van der Waals surface area contributed by atoms with Crippen molar-refractivity contribution in [2.45, 2.75) is 26.4 Å². The Kier molecular flexibility index (Phi) is 7.81. The van der Waals surface area contributed by atoms with Crippen LogP contribution in [0.5, 0.6) is 0 Å². The molecule has 1 aliphatic rings. The molecule has 0 saturated carbocycles. The second kappa shape index (κ2) is 10.1. The molecule has 2 aromatic rings. The third-order valence-corrected chi connectivity index (χ3v) is 4.74. The monoisotopic (exact) mass is 348 g/mol. The normalized spacial score (nSPS) is 16.0. The summed E-state index contributed by atoms with van der Waals surface area (Å²) >= 11 is 1.86. The molecule has 1 fully saturated rings. The first-order valence-corrected chi connectivity index (χ1v) is 8.91. The zero-order valence-electron chi connectivity index (χ0n) is 14.0. The summed E-state index contributed by atoms with van der Waals surface area (Å²) in [5.74, 6) is 0.844. The first-order valence-electron chi connectivity index (χ1n) is 8.03. The second-order valence-electron chi connectivity index (χ2n) is 5.73. The Morgan fingerprint density at radius 1 is 1.17 bits per heavy atom. The Labute approximate surface area is 146 Å². The highest BCUT2D eigenvalue weighted by Crippen LogP contribution is 2.14. The minimum Gasteiger partial charge on any atom is -0.483 e. The van der Waals surface area contributed by atoms with E-state index in [0.29, 0.717) is 0 Å². The van der Waals surface area contributed by atoms with Crippen LogP contribution >= 0.6 is 11.3 Å². The minimum atomic E-state index is -0.250. The Hall–Kier alpha value is -1.83. The van der Waals surface area contributed by atoms with Gasteiger partial charge in [-0.25, -0.2) is 9.97 Å². The molecule has 7 heteroatoms. The Morgan fingerprint density at radius 2 is 1.79 bits per heavy atom. The van der Waals surface area contributed by atoms with Crippen molar-refractivity contribution in [3.63, 3.8) is 0 Å². The molecular weight excluding hydrogens is 324 g/mol. The van der Waals surface area contributed by atoms with Crippen molar-refractivity contribution in [3.8, 4) is 0 Å². The van der Waals surface area contributed by atoms with Crippen LogP contribution in [-0.4, -0.2) is 57.5 Å². The van der Waals surface area contributed by atoms with E-state index in [1.165, 1.54) is 23.4 Å². The molecule has 3 rings (SSSR count). The summed E-state index contributed by atoms with van der Waals surface area (Å²) in [6.07, 6.45) is 5.14. The summed E-state index contributed by atoms with van der Waals surface area (Å²) in [7, 11) is 0. The van der Waals surface area contributed by atoms with E-state index >= 15 is 0 Å². The molecule has 1 aliphatic heterocycles. The fraction of sp³-hybridized carbons (Fsp3) is 0.471. The largest absolute Gasteiger partial charge is 0.483 e. The predicted molar refractivity (Wildman–Crippen MR) is 95.0 cm³/mol. The molecule has 0 atom stereocenters. The van der Waals surface area contributed by atoms with E-state index in [-0.39, 0.29) is 6.47 Å². The maximum atomic E-state index is 8.36. The molecule has 0 radical (unpaired) electrons. The topological polar surface area (TPSA) is 69.6 Å².